The van der Waals surface area contributed by atoms with Gasteiger partial charge in [-0.2, -0.15) is 18.4 Å². The average molecular weight is 237 g/mol. The van der Waals surface area contributed by atoms with Gasteiger partial charge in [0.1, 0.15) is 23.3 Å². The van der Waals surface area contributed by atoms with E-state index in [1.165, 1.54) is 0 Å². The van der Waals surface area contributed by atoms with Crippen LogP contribution >= 0.6 is 0 Å². The number of aliphatic hydroxyl groups is 1. The van der Waals surface area contributed by atoms with E-state index in [0.29, 0.717) is 0 Å². The van der Waals surface area contributed by atoms with Crippen molar-refractivity contribution in [1.82, 2.24) is 0 Å². The second-order valence-electron chi connectivity index (χ2n) is 2.92. The molecule has 0 bridgehead atoms. The second kappa shape index (κ2) is 4.06. The van der Waals surface area contributed by atoms with Gasteiger partial charge in [-0.1, -0.05) is 0 Å². The van der Waals surface area contributed by atoms with E-state index in [1.807, 2.05) is 0 Å². The van der Waals surface area contributed by atoms with Crippen molar-refractivity contribution < 1.29 is 27.1 Å². The van der Waals surface area contributed by atoms with E-state index < -0.39 is 35.0 Å². The minimum absolute atomic E-state index is 0.278. The Hall–Kier alpha value is -1.68. The lowest BCUT2D eigenvalue weighted by molar-refractivity contribution is -0.206. The van der Waals surface area contributed by atoms with Crippen molar-refractivity contribution in [2.24, 2.45) is 0 Å². The fraction of sp³-hybridized carbons (Fsp3) is 0.222. The van der Waals surface area contributed by atoms with Crippen LogP contribution in [-0.2, 0) is 0 Å². The number of nitriles is 1. The van der Waals surface area contributed by atoms with Crippen LogP contribution in [0.15, 0.2) is 12.1 Å². The predicted molar refractivity (Wildman–Crippen MR) is 42.1 cm³/mol. The van der Waals surface area contributed by atoms with Gasteiger partial charge in [-0.05, 0) is 17.7 Å². The minimum atomic E-state index is -5.02. The summed E-state index contributed by atoms with van der Waals surface area (Å²) >= 11 is 0. The molecule has 2 nitrogen and oxygen atoms in total. The number of halogens is 5. The highest BCUT2D eigenvalue weighted by Gasteiger charge is 2.40. The second-order valence-corrected chi connectivity index (χ2v) is 2.92. The molecular formula is C9H4F5NO. The van der Waals surface area contributed by atoms with Crippen LogP contribution in [0.5, 0.6) is 0 Å². The fourth-order valence-electron chi connectivity index (χ4n) is 1.05. The zero-order valence-corrected chi connectivity index (χ0v) is 7.52. The lowest BCUT2D eigenvalue weighted by atomic mass is 10.1. The molecule has 0 radical (unpaired) electrons. The highest BCUT2D eigenvalue weighted by Crippen LogP contribution is 2.33. The summed E-state index contributed by atoms with van der Waals surface area (Å²) in [5, 5.41) is 17.0. The van der Waals surface area contributed by atoms with Gasteiger partial charge in [0.15, 0.2) is 6.10 Å². The standard InChI is InChI=1S/C9H4F5NO/c10-6-1-4(8(16)9(12,13)14)2-7(11)5(6)3-15/h1-2,8,16H/t8-/m1/s1. The molecule has 0 heterocycles. The number of alkyl halides is 3. The van der Waals surface area contributed by atoms with Gasteiger partial charge >= 0.3 is 6.18 Å². The Morgan fingerprint density at radius 3 is 1.94 bits per heavy atom. The summed E-state index contributed by atoms with van der Waals surface area (Å²) in [6, 6.07) is 1.71. The Labute approximate surface area is 86.5 Å². The zero-order chi connectivity index (χ0) is 12.5. The third kappa shape index (κ3) is 2.28. The van der Waals surface area contributed by atoms with Crippen molar-refractivity contribution in [2.75, 3.05) is 0 Å². The topological polar surface area (TPSA) is 44.0 Å². The normalized spacial score (nSPS) is 13.3. The van der Waals surface area contributed by atoms with Gasteiger partial charge in [0.25, 0.3) is 0 Å². The van der Waals surface area contributed by atoms with Gasteiger partial charge in [-0.15, -0.1) is 0 Å². The smallest absolute Gasteiger partial charge is 0.379 e. The highest BCUT2D eigenvalue weighted by molar-refractivity contribution is 5.36. The summed E-state index contributed by atoms with van der Waals surface area (Å²) in [4.78, 5) is 0. The maximum atomic E-state index is 12.9. The fourth-order valence-corrected chi connectivity index (χ4v) is 1.05. The van der Waals surface area contributed by atoms with Crippen LogP contribution < -0.4 is 0 Å². The summed E-state index contributed by atoms with van der Waals surface area (Å²) in [6.45, 7) is 0. The third-order valence-electron chi connectivity index (χ3n) is 1.80. The molecule has 1 atom stereocenters. The van der Waals surface area contributed by atoms with Crippen molar-refractivity contribution >= 4 is 0 Å². The first-order chi connectivity index (χ1) is 7.27. The van der Waals surface area contributed by atoms with Crippen LogP contribution in [0, 0.1) is 23.0 Å². The molecule has 86 valence electrons. The molecule has 0 amide bonds. The maximum absolute atomic E-state index is 12.9. The minimum Gasteiger partial charge on any atom is -0.379 e. The molecule has 1 aromatic carbocycles. The Balaban J connectivity index is 3.25. The SMILES string of the molecule is N#Cc1c(F)cc([C@@H](O)C(F)(F)F)cc1F. The Morgan fingerprint density at radius 1 is 1.19 bits per heavy atom. The van der Waals surface area contributed by atoms with Crippen molar-refractivity contribution in [3.05, 3.63) is 34.9 Å². The Morgan fingerprint density at radius 2 is 1.62 bits per heavy atom. The molecule has 1 rings (SSSR count). The van der Waals surface area contributed by atoms with E-state index in [4.69, 9.17) is 10.4 Å². The van der Waals surface area contributed by atoms with Gasteiger partial charge < -0.3 is 5.11 Å². The van der Waals surface area contributed by atoms with E-state index in [1.54, 1.807) is 0 Å². The van der Waals surface area contributed by atoms with Gasteiger partial charge in [-0.25, -0.2) is 8.78 Å². The third-order valence-corrected chi connectivity index (χ3v) is 1.80. The molecule has 16 heavy (non-hydrogen) atoms. The summed E-state index contributed by atoms with van der Waals surface area (Å²) in [6.07, 6.45) is -8.00. The highest BCUT2D eigenvalue weighted by atomic mass is 19.4. The van der Waals surface area contributed by atoms with E-state index >= 15 is 0 Å². The average Bonchev–Trinajstić information content (AvgIpc) is 2.14. The van der Waals surface area contributed by atoms with E-state index in [-0.39, 0.29) is 12.1 Å². The number of rotatable bonds is 1. The Kier molecular flexibility index (Phi) is 3.14. The number of aliphatic hydroxyl groups excluding tert-OH is 1. The first kappa shape index (κ1) is 12.4. The molecule has 0 aliphatic carbocycles. The van der Waals surface area contributed by atoms with Crippen LogP contribution in [0.25, 0.3) is 0 Å². The first-order valence-electron chi connectivity index (χ1n) is 3.91. The zero-order valence-electron chi connectivity index (χ0n) is 7.52. The van der Waals surface area contributed by atoms with E-state index in [2.05, 4.69) is 0 Å². The summed E-state index contributed by atoms with van der Waals surface area (Å²) in [7, 11) is 0. The monoisotopic (exact) mass is 237 g/mol. The molecule has 0 unspecified atom stereocenters. The van der Waals surface area contributed by atoms with Crippen LogP contribution in [0.2, 0.25) is 0 Å². The van der Waals surface area contributed by atoms with Crippen molar-refractivity contribution in [1.29, 1.82) is 5.26 Å². The molecule has 0 aliphatic rings. The number of hydrogen-bond donors (Lipinski definition) is 1. The maximum Gasteiger partial charge on any atom is 0.418 e. The molecule has 0 saturated carbocycles. The Bertz CT molecular complexity index is 425. The van der Waals surface area contributed by atoms with Crippen LogP contribution in [0.1, 0.15) is 17.2 Å². The van der Waals surface area contributed by atoms with E-state index in [9.17, 15) is 22.0 Å². The largest absolute Gasteiger partial charge is 0.418 e. The molecule has 0 aliphatic heterocycles. The molecule has 0 fully saturated rings. The summed E-state index contributed by atoms with van der Waals surface area (Å²) in [5.41, 5.74) is -1.97. The van der Waals surface area contributed by atoms with Gasteiger partial charge in [-0.3, -0.25) is 0 Å². The van der Waals surface area contributed by atoms with Gasteiger partial charge in [0.05, 0.1) is 0 Å². The van der Waals surface area contributed by atoms with Gasteiger partial charge in [0.2, 0.25) is 0 Å². The summed E-state index contributed by atoms with van der Waals surface area (Å²) < 4.78 is 61.9. The number of nitrogens with zero attached hydrogens (tertiary/aromatic N) is 1. The quantitative estimate of drug-likeness (QED) is 0.762. The number of hydrogen-bond acceptors (Lipinski definition) is 2. The predicted octanol–water partition coefficient (Wildman–Crippen LogP) is 2.43. The number of benzene rings is 1. The summed E-state index contributed by atoms with van der Waals surface area (Å²) in [5.74, 6) is -2.89. The van der Waals surface area contributed by atoms with Crippen LogP contribution in [0.3, 0.4) is 0 Å². The van der Waals surface area contributed by atoms with Crippen LogP contribution in [-0.4, -0.2) is 11.3 Å². The van der Waals surface area contributed by atoms with Gasteiger partial charge in [0, 0.05) is 0 Å². The molecule has 0 aromatic heterocycles. The first-order valence-corrected chi connectivity index (χ1v) is 3.91. The van der Waals surface area contributed by atoms with Crippen molar-refractivity contribution in [2.45, 2.75) is 12.3 Å². The molecule has 0 saturated heterocycles. The van der Waals surface area contributed by atoms with Crippen molar-refractivity contribution in [3.8, 4) is 6.07 Å². The molecule has 7 heteroatoms. The van der Waals surface area contributed by atoms with E-state index in [0.717, 1.165) is 6.07 Å². The van der Waals surface area contributed by atoms with Crippen LogP contribution in [0.4, 0.5) is 22.0 Å². The molecular weight excluding hydrogens is 233 g/mol. The lowest BCUT2D eigenvalue weighted by Crippen LogP contribution is -2.20. The lowest BCUT2D eigenvalue weighted by Gasteiger charge is -2.15. The molecule has 0 spiro atoms. The van der Waals surface area contributed by atoms with Crippen molar-refractivity contribution in [3.63, 3.8) is 0 Å². The molecule has 1 aromatic rings. The molecule has 1 N–H and O–H groups in total.